The van der Waals surface area contributed by atoms with Crippen LogP contribution >= 0.6 is 0 Å². The average Bonchev–Trinajstić information content (AvgIpc) is 2.75. The second-order valence-corrected chi connectivity index (χ2v) is 2.46. The molecule has 0 aliphatic carbocycles. The molecule has 2 heterocycles. The Labute approximate surface area is 73.4 Å². The molecule has 66 valence electrons. The van der Waals surface area contributed by atoms with Crippen LogP contribution in [0.15, 0.2) is 27.7 Å². The van der Waals surface area contributed by atoms with Gasteiger partial charge in [-0.25, -0.2) is 9.97 Å². The monoisotopic (exact) mass is 178 g/mol. The average molecular weight is 178 g/mol. The first kappa shape index (κ1) is 7.72. The number of carbonyl (C=O) groups is 1. The van der Waals surface area contributed by atoms with Crippen LogP contribution in [0.5, 0.6) is 0 Å². The molecule has 0 fully saturated rings. The van der Waals surface area contributed by atoms with E-state index in [9.17, 15) is 4.79 Å². The van der Waals surface area contributed by atoms with Crippen LogP contribution in [0.3, 0.4) is 0 Å². The molecule has 0 unspecified atom stereocenters. The molecule has 0 N–H and O–H groups in total. The molecule has 2 aromatic heterocycles. The molecule has 13 heavy (non-hydrogen) atoms. The minimum absolute atomic E-state index is 0.144. The molecule has 2 aromatic rings. The van der Waals surface area contributed by atoms with Crippen molar-refractivity contribution in [3.63, 3.8) is 0 Å². The minimum atomic E-state index is -0.144. The fourth-order valence-corrected chi connectivity index (χ4v) is 0.870. The van der Waals surface area contributed by atoms with Gasteiger partial charge in [-0.1, -0.05) is 0 Å². The summed E-state index contributed by atoms with van der Waals surface area (Å²) >= 11 is 0. The number of ketones is 1. The van der Waals surface area contributed by atoms with Crippen molar-refractivity contribution in [3.8, 4) is 11.7 Å². The van der Waals surface area contributed by atoms with E-state index in [0.717, 1.165) is 0 Å². The van der Waals surface area contributed by atoms with Gasteiger partial charge >= 0.3 is 0 Å². The van der Waals surface area contributed by atoms with Gasteiger partial charge in [0, 0.05) is 6.92 Å². The van der Waals surface area contributed by atoms with Crippen LogP contribution in [-0.2, 0) is 0 Å². The van der Waals surface area contributed by atoms with Crippen LogP contribution in [0.4, 0.5) is 0 Å². The van der Waals surface area contributed by atoms with E-state index in [2.05, 4.69) is 9.97 Å². The second-order valence-electron chi connectivity index (χ2n) is 2.46. The van der Waals surface area contributed by atoms with Crippen molar-refractivity contribution in [2.45, 2.75) is 6.92 Å². The topological polar surface area (TPSA) is 69.1 Å². The highest BCUT2D eigenvalue weighted by Crippen LogP contribution is 2.17. The first-order valence-electron chi connectivity index (χ1n) is 3.62. The smallest absolute Gasteiger partial charge is 0.265 e. The standard InChI is InChI=1S/C8H6N2O3/c1-5(11)6-3-12-8(10-6)7-2-9-4-13-7/h2-4H,1H3. The van der Waals surface area contributed by atoms with Gasteiger partial charge in [-0.2, -0.15) is 0 Å². The van der Waals surface area contributed by atoms with E-state index in [1.54, 1.807) is 0 Å². The molecule has 0 aliphatic rings. The van der Waals surface area contributed by atoms with Gasteiger partial charge in [0.2, 0.25) is 5.76 Å². The molecule has 0 saturated heterocycles. The fourth-order valence-electron chi connectivity index (χ4n) is 0.870. The molecule has 0 atom stereocenters. The summed E-state index contributed by atoms with van der Waals surface area (Å²) in [4.78, 5) is 18.5. The zero-order valence-electron chi connectivity index (χ0n) is 6.85. The van der Waals surface area contributed by atoms with Crippen molar-refractivity contribution in [1.82, 2.24) is 9.97 Å². The summed E-state index contributed by atoms with van der Waals surface area (Å²) in [6.07, 6.45) is 4.03. The fraction of sp³-hybridized carbons (Fsp3) is 0.125. The maximum atomic E-state index is 10.9. The number of Topliss-reactive ketones (excluding diaryl/α,β-unsaturated/α-hetero) is 1. The van der Waals surface area contributed by atoms with E-state index in [0.29, 0.717) is 5.76 Å². The molecular weight excluding hydrogens is 172 g/mol. The van der Waals surface area contributed by atoms with E-state index >= 15 is 0 Å². The Morgan fingerprint density at radius 3 is 2.85 bits per heavy atom. The number of rotatable bonds is 2. The summed E-state index contributed by atoms with van der Waals surface area (Å²) < 4.78 is 9.94. The summed E-state index contributed by atoms with van der Waals surface area (Å²) in [6.45, 7) is 1.42. The Bertz CT molecular complexity index is 416. The van der Waals surface area contributed by atoms with E-state index in [1.807, 2.05) is 0 Å². The summed E-state index contributed by atoms with van der Waals surface area (Å²) in [5.41, 5.74) is 0.284. The van der Waals surface area contributed by atoms with Crippen LogP contribution in [0, 0.1) is 0 Å². The lowest BCUT2D eigenvalue weighted by Crippen LogP contribution is -1.90. The maximum absolute atomic E-state index is 10.9. The molecule has 0 aliphatic heterocycles. The molecule has 5 nitrogen and oxygen atoms in total. The van der Waals surface area contributed by atoms with Gasteiger partial charge in [-0.15, -0.1) is 0 Å². The molecule has 0 amide bonds. The molecular formula is C8H6N2O3. The van der Waals surface area contributed by atoms with E-state index in [-0.39, 0.29) is 17.4 Å². The number of oxazole rings is 2. The summed E-state index contributed by atoms with van der Waals surface area (Å²) in [5.74, 6) is 0.532. The van der Waals surface area contributed by atoms with Gasteiger partial charge in [0.25, 0.3) is 5.89 Å². The first-order valence-corrected chi connectivity index (χ1v) is 3.62. The van der Waals surface area contributed by atoms with Gasteiger partial charge in [-0.05, 0) is 0 Å². The van der Waals surface area contributed by atoms with Crippen molar-refractivity contribution >= 4 is 5.78 Å². The van der Waals surface area contributed by atoms with Gasteiger partial charge in [0.05, 0.1) is 6.20 Å². The third-order valence-corrected chi connectivity index (χ3v) is 1.51. The first-order chi connectivity index (χ1) is 6.27. The number of aromatic nitrogens is 2. The Hall–Kier alpha value is -1.91. The highest BCUT2D eigenvalue weighted by Gasteiger charge is 2.11. The molecule has 0 saturated carbocycles. The third kappa shape index (κ3) is 1.35. The van der Waals surface area contributed by atoms with Crippen molar-refractivity contribution in [3.05, 3.63) is 24.5 Å². The van der Waals surface area contributed by atoms with Crippen LogP contribution < -0.4 is 0 Å². The number of hydrogen-bond donors (Lipinski definition) is 0. The predicted octanol–water partition coefficient (Wildman–Crippen LogP) is 1.53. The lowest BCUT2D eigenvalue weighted by Gasteiger charge is -1.83. The summed E-state index contributed by atoms with van der Waals surface area (Å²) in [6, 6.07) is 0. The molecule has 2 rings (SSSR count). The quantitative estimate of drug-likeness (QED) is 0.652. The number of carbonyl (C=O) groups excluding carboxylic acids is 1. The number of hydrogen-bond acceptors (Lipinski definition) is 5. The van der Waals surface area contributed by atoms with Crippen LogP contribution in [0.2, 0.25) is 0 Å². The Morgan fingerprint density at radius 1 is 1.46 bits per heavy atom. The molecule has 5 heteroatoms. The van der Waals surface area contributed by atoms with Crippen molar-refractivity contribution in [2.75, 3.05) is 0 Å². The Balaban J connectivity index is 2.39. The van der Waals surface area contributed by atoms with E-state index < -0.39 is 0 Å². The van der Waals surface area contributed by atoms with Crippen LogP contribution in [0.1, 0.15) is 17.4 Å². The van der Waals surface area contributed by atoms with Crippen molar-refractivity contribution in [2.24, 2.45) is 0 Å². The molecule has 0 bridgehead atoms. The minimum Gasteiger partial charge on any atom is -0.441 e. The Kier molecular flexibility index (Phi) is 1.70. The largest absolute Gasteiger partial charge is 0.441 e. The highest BCUT2D eigenvalue weighted by molar-refractivity contribution is 5.92. The van der Waals surface area contributed by atoms with Gasteiger partial charge < -0.3 is 8.83 Å². The third-order valence-electron chi connectivity index (χ3n) is 1.51. The summed E-state index contributed by atoms with van der Waals surface area (Å²) in [7, 11) is 0. The van der Waals surface area contributed by atoms with Crippen molar-refractivity contribution < 1.29 is 13.6 Å². The lowest BCUT2D eigenvalue weighted by atomic mass is 10.3. The van der Waals surface area contributed by atoms with Crippen LogP contribution in [0.25, 0.3) is 11.7 Å². The highest BCUT2D eigenvalue weighted by atomic mass is 16.4. The van der Waals surface area contributed by atoms with E-state index in [1.165, 1.54) is 25.8 Å². The molecule has 0 aromatic carbocycles. The second kappa shape index (κ2) is 2.85. The zero-order valence-corrected chi connectivity index (χ0v) is 6.85. The van der Waals surface area contributed by atoms with Gasteiger partial charge in [0.15, 0.2) is 12.2 Å². The predicted molar refractivity (Wildman–Crippen MR) is 42.0 cm³/mol. The van der Waals surface area contributed by atoms with Crippen molar-refractivity contribution in [1.29, 1.82) is 0 Å². The maximum Gasteiger partial charge on any atom is 0.265 e. The Morgan fingerprint density at radius 2 is 2.31 bits per heavy atom. The zero-order chi connectivity index (χ0) is 9.26. The SMILES string of the molecule is CC(=O)c1coc(-c2cnco2)n1. The summed E-state index contributed by atoms with van der Waals surface area (Å²) in [5, 5.41) is 0. The van der Waals surface area contributed by atoms with E-state index in [4.69, 9.17) is 8.83 Å². The van der Waals surface area contributed by atoms with Gasteiger partial charge in [-0.3, -0.25) is 4.79 Å². The molecule has 0 spiro atoms. The normalized spacial score (nSPS) is 10.2. The van der Waals surface area contributed by atoms with Crippen LogP contribution in [-0.4, -0.2) is 15.8 Å². The number of nitrogens with zero attached hydrogens (tertiary/aromatic N) is 2. The van der Waals surface area contributed by atoms with Gasteiger partial charge in [0.1, 0.15) is 12.0 Å². The molecule has 0 radical (unpaired) electrons. The lowest BCUT2D eigenvalue weighted by molar-refractivity contribution is 0.101.